The van der Waals surface area contributed by atoms with Gasteiger partial charge in [0.25, 0.3) is 0 Å². The van der Waals surface area contributed by atoms with E-state index in [1.54, 1.807) is 10.9 Å². The third kappa shape index (κ3) is 4.26. The van der Waals surface area contributed by atoms with E-state index in [4.69, 9.17) is 11.6 Å². The van der Waals surface area contributed by atoms with Crippen molar-refractivity contribution in [2.45, 2.75) is 23.7 Å². The maximum atomic E-state index is 12.6. The van der Waals surface area contributed by atoms with Crippen molar-refractivity contribution in [3.05, 3.63) is 77.7 Å². The Labute approximate surface area is 177 Å². The Morgan fingerprint density at radius 3 is 2.69 bits per heavy atom. The molecule has 1 unspecified atom stereocenters. The summed E-state index contributed by atoms with van der Waals surface area (Å²) in [5.41, 5.74) is 2.51. The van der Waals surface area contributed by atoms with Gasteiger partial charge in [-0.3, -0.25) is 4.79 Å². The minimum absolute atomic E-state index is 0.0860. The second kappa shape index (κ2) is 8.63. The molecule has 4 rings (SSSR count). The predicted molar refractivity (Wildman–Crippen MR) is 115 cm³/mol. The number of hydrogen-bond acceptors (Lipinski definition) is 5. The fourth-order valence-electron chi connectivity index (χ4n) is 2.86. The SMILES string of the molecule is CC(Sc1ncnc2c1cnn2-c1ccccc1)C(=O)NCc1ccccc1Cl. The standard InChI is InChI=1S/C21H18ClN5OS/c1-14(20(28)23-11-15-7-5-6-10-18(15)22)29-21-17-12-26-27(19(17)24-13-25-21)16-8-3-2-4-9-16/h2-10,12-14H,11H2,1H3,(H,23,28). The predicted octanol–water partition coefficient (Wildman–Crippen LogP) is 4.27. The molecule has 0 bridgehead atoms. The van der Waals surface area contributed by atoms with E-state index in [1.165, 1.54) is 18.1 Å². The van der Waals surface area contributed by atoms with E-state index in [-0.39, 0.29) is 11.2 Å². The second-order valence-corrected chi connectivity index (χ2v) is 8.11. The number of carbonyl (C=O) groups excluding carboxylic acids is 1. The van der Waals surface area contributed by atoms with Crippen LogP contribution in [0, 0.1) is 0 Å². The molecule has 1 atom stereocenters. The molecular formula is C21H18ClN5OS. The largest absolute Gasteiger partial charge is 0.351 e. The smallest absolute Gasteiger partial charge is 0.233 e. The van der Waals surface area contributed by atoms with Crippen LogP contribution in [-0.4, -0.2) is 30.9 Å². The molecule has 2 aromatic carbocycles. The summed E-state index contributed by atoms with van der Waals surface area (Å²) in [4.78, 5) is 21.3. The van der Waals surface area contributed by atoms with Crippen molar-refractivity contribution in [1.29, 1.82) is 0 Å². The summed E-state index contributed by atoms with van der Waals surface area (Å²) >= 11 is 7.53. The summed E-state index contributed by atoms with van der Waals surface area (Å²) in [6.07, 6.45) is 3.24. The molecule has 29 heavy (non-hydrogen) atoms. The summed E-state index contributed by atoms with van der Waals surface area (Å²) < 4.78 is 1.77. The molecule has 2 aromatic heterocycles. The van der Waals surface area contributed by atoms with Crippen LogP contribution in [0.5, 0.6) is 0 Å². The number of thioether (sulfide) groups is 1. The lowest BCUT2D eigenvalue weighted by Crippen LogP contribution is -2.30. The van der Waals surface area contributed by atoms with Gasteiger partial charge in [-0.25, -0.2) is 14.6 Å². The van der Waals surface area contributed by atoms with Crippen LogP contribution in [0.1, 0.15) is 12.5 Å². The molecule has 6 nitrogen and oxygen atoms in total. The highest BCUT2D eigenvalue weighted by atomic mass is 35.5. The van der Waals surface area contributed by atoms with Gasteiger partial charge in [-0.15, -0.1) is 0 Å². The molecule has 4 aromatic rings. The zero-order valence-corrected chi connectivity index (χ0v) is 17.2. The van der Waals surface area contributed by atoms with Crippen molar-refractivity contribution in [3.63, 3.8) is 0 Å². The molecule has 0 fully saturated rings. The molecule has 2 heterocycles. The zero-order valence-electron chi connectivity index (χ0n) is 15.6. The average Bonchev–Trinajstić information content (AvgIpc) is 3.19. The maximum absolute atomic E-state index is 12.6. The summed E-state index contributed by atoms with van der Waals surface area (Å²) in [7, 11) is 0. The number of fused-ring (bicyclic) bond motifs is 1. The van der Waals surface area contributed by atoms with Crippen LogP contribution in [0.25, 0.3) is 16.7 Å². The van der Waals surface area contributed by atoms with Gasteiger partial charge in [-0.1, -0.05) is 59.8 Å². The first-order chi connectivity index (χ1) is 14.1. The van der Waals surface area contributed by atoms with Crippen molar-refractivity contribution >= 4 is 40.3 Å². The molecule has 8 heteroatoms. The van der Waals surface area contributed by atoms with E-state index in [0.717, 1.165) is 21.7 Å². The molecule has 0 saturated heterocycles. The lowest BCUT2D eigenvalue weighted by Gasteiger charge is -2.12. The van der Waals surface area contributed by atoms with Gasteiger partial charge in [0.05, 0.1) is 22.5 Å². The molecule has 0 radical (unpaired) electrons. The third-order valence-corrected chi connectivity index (χ3v) is 5.88. The van der Waals surface area contributed by atoms with Crippen LogP contribution in [0.15, 0.2) is 72.1 Å². The molecular weight excluding hydrogens is 406 g/mol. The number of aromatic nitrogens is 4. The number of amides is 1. The number of carbonyl (C=O) groups is 1. The highest BCUT2D eigenvalue weighted by Gasteiger charge is 2.19. The lowest BCUT2D eigenvalue weighted by molar-refractivity contribution is -0.120. The van der Waals surface area contributed by atoms with Crippen LogP contribution in [0.3, 0.4) is 0 Å². The van der Waals surface area contributed by atoms with Gasteiger partial charge in [0.2, 0.25) is 5.91 Å². The van der Waals surface area contributed by atoms with E-state index in [9.17, 15) is 4.79 Å². The highest BCUT2D eigenvalue weighted by Crippen LogP contribution is 2.29. The fourth-order valence-corrected chi connectivity index (χ4v) is 3.97. The second-order valence-electron chi connectivity index (χ2n) is 6.38. The van der Waals surface area contributed by atoms with Crippen molar-refractivity contribution in [2.75, 3.05) is 0 Å². The molecule has 0 saturated carbocycles. The van der Waals surface area contributed by atoms with E-state index < -0.39 is 0 Å². The van der Waals surface area contributed by atoms with Gasteiger partial charge in [0.15, 0.2) is 5.65 Å². The number of rotatable bonds is 6. The van der Waals surface area contributed by atoms with E-state index in [2.05, 4.69) is 20.4 Å². The number of hydrogen-bond donors (Lipinski definition) is 1. The summed E-state index contributed by atoms with van der Waals surface area (Å²) in [5.74, 6) is -0.0860. The van der Waals surface area contributed by atoms with Crippen LogP contribution in [0.4, 0.5) is 0 Å². The van der Waals surface area contributed by atoms with Gasteiger partial charge in [0.1, 0.15) is 11.4 Å². The Kier molecular flexibility index (Phi) is 5.78. The number of nitrogens with zero attached hydrogens (tertiary/aromatic N) is 4. The Balaban J connectivity index is 1.49. The minimum atomic E-state index is -0.337. The Morgan fingerprint density at radius 2 is 1.90 bits per heavy atom. The highest BCUT2D eigenvalue weighted by molar-refractivity contribution is 8.00. The first-order valence-corrected chi connectivity index (χ1v) is 10.3. The molecule has 146 valence electrons. The lowest BCUT2D eigenvalue weighted by atomic mass is 10.2. The first-order valence-electron chi connectivity index (χ1n) is 9.05. The summed E-state index contributed by atoms with van der Waals surface area (Å²) in [5, 5.41) is 9.21. The monoisotopic (exact) mass is 423 g/mol. The van der Waals surface area contributed by atoms with Crippen molar-refractivity contribution in [3.8, 4) is 5.69 Å². The molecule has 1 amide bonds. The molecule has 1 N–H and O–H groups in total. The summed E-state index contributed by atoms with van der Waals surface area (Å²) in [6.45, 7) is 2.23. The molecule has 0 spiro atoms. The van der Waals surface area contributed by atoms with Crippen LogP contribution in [-0.2, 0) is 11.3 Å². The molecule has 0 aliphatic rings. The average molecular weight is 424 g/mol. The van der Waals surface area contributed by atoms with Gasteiger partial charge >= 0.3 is 0 Å². The van der Waals surface area contributed by atoms with Gasteiger partial charge in [-0.2, -0.15) is 5.10 Å². The maximum Gasteiger partial charge on any atom is 0.233 e. The topological polar surface area (TPSA) is 72.7 Å². The van der Waals surface area contributed by atoms with Crippen LogP contribution < -0.4 is 5.32 Å². The number of benzene rings is 2. The fraction of sp³-hybridized carbons (Fsp3) is 0.143. The number of para-hydroxylation sites is 1. The van der Waals surface area contributed by atoms with Crippen molar-refractivity contribution in [2.24, 2.45) is 0 Å². The van der Waals surface area contributed by atoms with Gasteiger partial charge in [-0.05, 0) is 30.7 Å². The van der Waals surface area contributed by atoms with E-state index in [1.807, 2.05) is 61.5 Å². The third-order valence-electron chi connectivity index (χ3n) is 4.40. The van der Waals surface area contributed by atoms with E-state index >= 15 is 0 Å². The zero-order chi connectivity index (χ0) is 20.2. The van der Waals surface area contributed by atoms with Crippen LogP contribution in [0.2, 0.25) is 5.02 Å². The Morgan fingerprint density at radius 1 is 1.14 bits per heavy atom. The van der Waals surface area contributed by atoms with Gasteiger partial charge in [0, 0.05) is 11.6 Å². The quantitative estimate of drug-likeness (QED) is 0.370. The Hall–Kier alpha value is -2.90. The normalized spacial score (nSPS) is 12.1. The van der Waals surface area contributed by atoms with E-state index in [0.29, 0.717) is 17.2 Å². The van der Waals surface area contributed by atoms with Crippen molar-refractivity contribution in [1.82, 2.24) is 25.1 Å². The minimum Gasteiger partial charge on any atom is -0.351 e. The molecule has 0 aliphatic heterocycles. The van der Waals surface area contributed by atoms with Crippen LogP contribution >= 0.6 is 23.4 Å². The first kappa shape index (κ1) is 19.4. The number of halogens is 1. The van der Waals surface area contributed by atoms with Crippen molar-refractivity contribution < 1.29 is 4.79 Å². The Bertz CT molecular complexity index is 1150. The summed E-state index contributed by atoms with van der Waals surface area (Å²) in [6, 6.07) is 17.2. The van der Waals surface area contributed by atoms with Gasteiger partial charge < -0.3 is 5.32 Å². The number of nitrogens with one attached hydrogen (secondary N) is 1. The molecule has 0 aliphatic carbocycles.